The van der Waals surface area contributed by atoms with E-state index in [-0.39, 0.29) is 11.9 Å². The fourth-order valence-electron chi connectivity index (χ4n) is 3.17. The van der Waals surface area contributed by atoms with Crippen LogP contribution in [0.15, 0.2) is 0 Å². The molecule has 1 aromatic rings. The molecule has 1 aromatic heterocycles. The Kier molecular flexibility index (Phi) is 5.04. The number of rotatable bonds is 6. The normalized spacial score (nSPS) is 13.1. The van der Waals surface area contributed by atoms with E-state index in [1.807, 2.05) is 6.92 Å². The molecule has 0 fully saturated rings. The Balaban J connectivity index is 2.09. The molecule has 0 saturated heterocycles. The fourth-order valence-corrected chi connectivity index (χ4v) is 3.17. The lowest BCUT2D eigenvalue weighted by Crippen LogP contribution is -2.21. The highest BCUT2D eigenvalue weighted by Crippen LogP contribution is 2.30. The van der Waals surface area contributed by atoms with Crippen LogP contribution in [0, 0.1) is 6.92 Å². The van der Waals surface area contributed by atoms with E-state index >= 15 is 0 Å². The lowest BCUT2D eigenvalue weighted by Gasteiger charge is -2.09. The number of esters is 1. The first kappa shape index (κ1) is 15.6. The summed E-state index contributed by atoms with van der Waals surface area (Å²) < 4.78 is 7.24. The molecular formula is C16H24N2O3. The molecule has 2 heterocycles. The van der Waals surface area contributed by atoms with Crippen molar-refractivity contribution >= 4 is 11.9 Å². The zero-order valence-electron chi connectivity index (χ0n) is 13.1. The third kappa shape index (κ3) is 3.28. The molecule has 1 N–H and O–H groups in total. The summed E-state index contributed by atoms with van der Waals surface area (Å²) >= 11 is 0. The molecule has 0 unspecified atom stereocenters. The van der Waals surface area contributed by atoms with E-state index < -0.39 is 0 Å². The van der Waals surface area contributed by atoms with Gasteiger partial charge in [-0.1, -0.05) is 0 Å². The molecule has 0 bridgehead atoms. The Morgan fingerprint density at radius 3 is 2.76 bits per heavy atom. The molecule has 116 valence electrons. The number of nitrogens with zero attached hydrogens (tertiary/aromatic N) is 1. The molecule has 1 aliphatic rings. The molecule has 0 aromatic carbocycles. The number of methoxy groups -OCH3 is 1. The molecule has 1 amide bonds. The molecule has 2 rings (SSSR count). The largest absolute Gasteiger partial charge is 0.465 e. The number of fused-ring (bicyclic) bond motifs is 1. The second-order valence-electron chi connectivity index (χ2n) is 5.58. The molecule has 21 heavy (non-hydrogen) atoms. The highest BCUT2D eigenvalue weighted by molar-refractivity contribution is 5.93. The van der Waals surface area contributed by atoms with Crippen LogP contribution in [0.5, 0.6) is 0 Å². The van der Waals surface area contributed by atoms with E-state index in [0.29, 0.717) is 6.54 Å². The monoisotopic (exact) mass is 292 g/mol. The zero-order chi connectivity index (χ0) is 15.4. The van der Waals surface area contributed by atoms with Gasteiger partial charge in [0, 0.05) is 31.4 Å². The van der Waals surface area contributed by atoms with Crippen molar-refractivity contribution in [3.63, 3.8) is 0 Å². The molecule has 5 heteroatoms. The number of amides is 1. The topological polar surface area (TPSA) is 60.3 Å². The number of aromatic nitrogens is 1. The van der Waals surface area contributed by atoms with Crippen LogP contribution in [-0.2, 0) is 28.9 Å². The molecule has 0 atom stereocenters. The van der Waals surface area contributed by atoms with Crippen LogP contribution in [0.1, 0.15) is 53.5 Å². The van der Waals surface area contributed by atoms with Gasteiger partial charge in [0.25, 0.3) is 0 Å². The van der Waals surface area contributed by atoms with Crippen molar-refractivity contribution in [2.24, 2.45) is 0 Å². The van der Waals surface area contributed by atoms with Crippen molar-refractivity contribution in [2.45, 2.75) is 52.5 Å². The first-order chi connectivity index (χ1) is 10.1. The van der Waals surface area contributed by atoms with Gasteiger partial charge in [-0.05, 0) is 44.6 Å². The second kappa shape index (κ2) is 6.78. The van der Waals surface area contributed by atoms with Crippen molar-refractivity contribution in [3.05, 3.63) is 22.5 Å². The summed E-state index contributed by atoms with van der Waals surface area (Å²) in [5, 5.41) is 2.80. The number of carbonyl (C=O) groups is 2. The number of carbonyl (C=O) groups excluding carboxylic acids is 2. The first-order valence-electron chi connectivity index (χ1n) is 7.59. The summed E-state index contributed by atoms with van der Waals surface area (Å²) in [4.78, 5) is 22.9. The van der Waals surface area contributed by atoms with Gasteiger partial charge in [-0.3, -0.25) is 4.79 Å². The van der Waals surface area contributed by atoms with Crippen LogP contribution in [-0.4, -0.2) is 30.1 Å². The van der Waals surface area contributed by atoms with Gasteiger partial charge in [-0.15, -0.1) is 0 Å². The maximum absolute atomic E-state index is 12.0. The average Bonchev–Trinajstić information content (AvgIpc) is 3.01. The minimum Gasteiger partial charge on any atom is -0.465 e. The van der Waals surface area contributed by atoms with Crippen molar-refractivity contribution < 1.29 is 14.3 Å². The first-order valence-corrected chi connectivity index (χ1v) is 7.59. The third-order valence-electron chi connectivity index (χ3n) is 4.15. The van der Waals surface area contributed by atoms with Crippen molar-refractivity contribution in [2.75, 3.05) is 13.7 Å². The number of unbranched alkanes of at least 4 members (excludes halogenated alkanes) is 1. The third-order valence-corrected chi connectivity index (χ3v) is 4.15. The molecular weight excluding hydrogens is 268 g/mol. The lowest BCUT2D eigenvalue weighted by molar-refractivity contribution is -0.118. The van der Waals surface area contributed by atoms with Crippen molar-refractivity contribution in [3.8, 4) is 0 Å². The van der Waals surface area contributed by atoms with Gasteiger partial charge in [0.15, 0.2) is 0 Å². The van der Waals surface area contributed by atoms with Crippen LogP contribution in [0.3, 0.4) is 0 Å². The molecule has 0 aliphatic carbocycles. The van der Waals surface area contributed by atoms with Gasteiger partial charge < -0.3 is 14.6 Å². The quantitative estimate of drug-likeness (QED) is 0.644. The smallest absolute Gasteiger partial charge is 0.339 e. The van der Waals surface area contributed by atoms with E-state index in [0.717, 1.165) is 55.5 Å². The number of nitrogens with one attached hydrogen (secondary N) is 1. The van der Waals surface area contributed by atoms with E-state index in [1.165, 1.54) is 19.7 Å². The maximum Gasteiger partial charge on any atom is 0.339 e. The van der Waals surface area contributed by atoms with Crippen LogP contribution in [0.2, 0.25) is 0 Å². The summed E-state index contributed by atoms with van der Waals surface area (Å²) in [6.07, 6.45) is 4.91. The van der Waals surface area contributed by atoms with Crippen LogP contribution >= 0.6 is 0 Å². The van der Waals surface area contributed by atoms with Gasteiger partial charge in [-0.25, -0.2) is 4.79 Å². The van der Waals surface area contributed by atoms with E-state index in [4.69, 9.17) is 4.74 Å². The van der Waals surface area contributed by atoms with Gasteiger partial charge in [0.05, 0.1) is 12.7 Å². The highest BCUT2D eigenvalue weighted by atomic mass is 16.5. The van der Waals surface area contributed by atoms with Crippen molar-refractivity contribution in [1.82, 2.24) is 9.88 Å². The summed E-state index contributed by atoms with van der Waals surface area (Å²) in [7, 11) is 1.44. The molecule has 0 spiro atoms. The predicted molar refractivity (Wildman–Crippen MR) is 80.5 cm³/mol. The predicted octanol–water partition coefficient (Wildman–Crippen LogP) is 1.99. The van der Waals surface area contributed by atoms with E-state index in [1.54, 1.807) is 0 Å². The molecule has 0 saturated carbocycles. The average molecular weight is 292 g/mol. The van der Waals surface area contributed by atoms with Crippen LogP contribution < -0.4 is 5.32 Å². The van der Waals surface area contributed by atoms with Gasteiger partial charge in [0.1, 0.15) is 0 Å². The fraction of sp³-hybridized carbons (Fsp3) is 0.625. The van der Waals surface area contributed by atoms with Gasteiger partial charge in [-0.2, -0.15) is 0 Å². The Bertz CT molecular complexity index is 546. The van der Waals surface area contributed by atoms with E-state index in [2.05, 4.69) is 9.88 Å². The molecule has 1 aliphatic heterocycles. The Hall–Kier alpha value is -1.78. The van der Waals surface area contributed by atoms with Gasteiger partial charge >= 0.3 is 5.97 Å². The van der Waals surface area contributed by atoms with Crippen LogP contribution in [0.25, 0.3) is 0 Å². The Labute approximate surface area is 125 Å². The van der Waals surface area contributed by atoms with E-state index in [9.17, 15) is 9.59 Å². The van der Waals surface area contributed by atoms with Crippen molar-refractivity contribution in [1.29, 1.82) is 0 Å². The maximum atomic E-state index is 12.0. The Morgan fingerprint density at radius 2 is 2.10 bits per heavy atom. The second-order valence-corrected chi connectivity index (χ2v) is 5.58. The minimum absolute atomic E-state index is 0.00433. The van der Waals surface area contributed by atoms with Gasteiger partial charge in [0.2, 0.25) is 5.91 Å². The highest BCUT2D eigenvalue weighted by Gasteiger charge is 2.27. The number of ether oxygens (including phenoxy) is 1. The summed E-state index contributed by atoms with van der Waals surface area (Å²) in [6, 6.07) is 0. The summed E-state index contributed by atoms with van der Waals surface area (Å²) in [5.74, 6) is -0.226. The number of hydrogen-bond donors (Lipinski definition) is 1. The standard InChI is InChI=1S/C16H24N2O3/c1-11-13-8-6-10-18(13)14(15(11)16(20)21-3)7-4-5-9-17-12(2)19/h4-10H2,1-3H3,(H,17,19). The summed E-state index contributed by atoms with van der Waals surface area (Å²) in [5.41, 5.74) is 4.23. The SMILES string of the molecule is COC(=O)c1c(C)c2n(c1CCCCNC(C)=O)CCC2. The summed E-state index contributed by atoms with van der Waals surface area (Å²) in [6.45, 7) is 5.23. The zero-order valence-corrected chi connectivity index (χ0v) is 13.1. The lowest BCUT2D eigenvalue weighted by atomic mass is 10.0. The minimum atomic E-state index is -0.230. The Morgan fingerprint density at radius 1 is 1.33 bits per heavy atom. The number of hydrogen-bond acceptors (Lipinski definition) is 3. The molecule has 5 nitrogen and oxygen atoms in total. The van der Waals surface area contributed by atoms with Crippen LogP contribution in [0.4, 0.5) is 0 Å². The molecule has 0 radical (unpaired) electrons.